The Morgan fingerprint density at radius 1 is 1.38 bits per heavy atom. The van der Waals surface area contributed by atoms with Crippen molar-refractivity contribution in [3.63, 3.8) is 0 Å². The van der Waals surface area contributed by atoms with E-state index >= 15 is 0 Å². The number of hydrazine groups is 1. The number of amides is 1. The first kappa shape index (κ1) is 17.2. The van der Waals surface area contributed by atoms with Gasteiger partial charge in [-0.2, -0.15) is 0 Å². The van der Waals surface area contributed by atoms with E-state index in [1.165, 1.54) is 12.1 Å². The van der Waals surface area contributed by atoms with Crippen LogP contribution in [0.25, 0.3) is 0 Å². The van der Waals surface area contributed by atoms with Crippen molar-refractivity contribution in [2.75, 3.05) is 18.5 Å². The minimum atomic E-state index is -0.623. The summed E-state index contributed by atoms with van der Waals surface area (Å²) >= 11 is 5.96. The lowest BCUT2D eigenvalue weighted by Gasteiger charge is -2.21. The topological polar surface area (TPSA) is 102 Å². The van der Waals surface area contributed by atoms with Gasteiger partial charge in [0.15, 0.2) is 0 Å². The largest absolute Gasteiger partial charge is 0.339 e. The highest BCUT2D eigenvalue weighted by Crippen LogP contribution is 2.33. The Morgan fingerprint density at radius 3 is 2.38 bits per heavy atom. The fourth-order valence-corrected chi connectivity index (χ4v) is 2.31. The zero-order valence-corrected chi connectivity index (χ0v) is 12.8. The molecule has 7 nitrogen and oxygen atoms in total. The van der Waals surface area contributed by atoms with Gasteiger partial charge in [0.2, 0.25) is 0 Å². The van der Waals surface area contributed by atoms with Crippen molar-refractivity contribution >= 4 is 28.9 Å². The molecule has 0 fully saturated rings. The number of nitro groups is 1. The van der Waals surface area contributed by atoms with Crippen molar-refractivity contribution in [1.29, 1.82) is 0 Å². The number of nitro benzene ring substituents is 1. The first-order valence-electron chi connectivity index (χ1n) is 6.70. The van der Waals surface area contributed by atoms with E-state index in [1.54, 1.807) is 4.90 Å². The van der Waals surface area contributed by atoms with Crippen molar-refractivity contribution < 1.29 is 9.72 Å². The lowest BCUT2D eigenvalue weighted by Crippen LogP contribution is -2.32. The molecule has 0 atom stereocenters. The number of hydrogen-bond donors (Lipinski definition) is 2. The third-order valence-electron chi connectivity index (χ3n) is 2.93. The van der Waals surface area contributed by atoms with Gasteiger partial charge in [-0.25, -0.2) is 0 Å². The van der Waals surface area contributed by atoms with Crippen molar-refractivity contribution in [2.24, 2.45) is 5.84 Å². The maximum Gasteiger partial charge on any atom is 0.295 e. The van der Waals surface area contributed by atoms with Gasteiger partial charge in [-0.05, 0) is 18.9 Å². The number of nitrogens with two attached hydrogens (primary N) is 1. The van der Waals surface area contributed by atoms with Crippen LogP contribution in [0.15, 0.2) is 12.1 Å². The molecule has 1 aromatic rings. The highest BCUT2D eigenvalue weighted by Gasteiger charge is 2.23. The lowest BCUT2D eigenvalue weighted by atomic mass is 10.1. The molecule has 0 spiro atoms. The molecule has 0 saturated carbocycles. The average Bonchev–Trinajstić information content (AvgIpc) is 2.45. The molecule has 1 aromatic carbocycles. The van der Waals surface area contributed by atoms with E-state index in [0.717, 1.165) is 12.8 Å². The molecule has 116 valence electrons. The molecule has 0 unspecified atom stereocenters. The van der Waals surface area contributed by atoms with E-state index in [1.807, 2.05) is 13.8 Å². The van der Waals surface area contributed by atoms with E-state index in [9.17, 15) is 14.9 Å². The van der Waals surface area contributed by atoms with Gasteiger partial charge < -0.3 is 10.3 Å². The zero-order chi connectivity index (χ0) is 16.0. The molecule has 0 saturated heterocycles. The Bertz CT molecular complexity index is 530. The van der Waals surface area contributed by atoms with Crippen molar-refractivity contribution in [3.05, 3.63) is 32.8 Å². The van der Waals surface area contributed by atoms with Crippen LogP contribution >= 0.6 is 11.6 Å². The van der Waals surface area contributed by atoms with Gasteiger partial charge in [0.25, 0.3) is 11.6 Å². The average molecular weight is 315 g/mol. The number of carbonyl (C=O) groups excluding carboxylic acids is 1. The summed E-state index contributed by atoms with van der Waals surface area (Å²) in [5, 5.41) is 11.1. The van der Waals surface area contributed by atoms with Crippen molar-refractivity contribution in [1.82, 2.24) is 4.90 Å². The minimum Gasteiger partial charge on any atom is -0.339 e. The van der Waals surface area contributed by atoms with Gasteiger partial charge in [-0.3, -0.25) is 20.8 Å². The first-order valence-corrected chi connectivity index (χ1v) is 7.07. The smallest absolute Gasteiger partial charge is 0.295 e. The Labute approximate surface area is 128 Å². The third-order valence-corrected chi connectivity index (χ3v) is 3.23. The highest BCUT2D eigenvalue weighted by molar-refractivity contribution is 6.34. The van der Waals surface area contributed by atoms with Gasteiger partial charge in [0.1, 0.15) is 5.69 Å². The Balaban J connectivity index is 3.23. The van der Waals surface area contributed by atoms with Gasteiger partial charge in [0, 0.05) is 24.7 Å². The van der Waals surface area contributed by atoms with Crippen LogP contribution in [0.1, 0.15) is 37.0 Å². The number of halogens is 1. The molecule has 0 aliphatic heterocycles. The van der Waals surface area contributed by atoms with Crippen LogP contribution in [0, 0.1) is 10.1 Å². The fourth-order valence-electron chi connectivity index (χ4n) is 2.04. The van der Waals surface area contributed by atoms with E-state index in [-0.39, 0.29) is 27.9 Å². The van der Waals surface area contributed by atoms with E-state index in [4.69, 9.17) is 17.4 Å². The second kappa shape index (κ2) is 7.80. The quantitative estimate of drug-likeness (QED) is 0.458. The van der Waals surface area contributed by atoms with Crippen LogP contribution in [0.5, 0.6) is 0 Å². The van der Waals surface area contributed by atoms with Crippen molar-refractivity contribution in [2.45, 2.75) is 26.7 Å². The first-order chi connectivity index (χ1) is 9.96. The molecule has 0 bridgehead atoms. The molecule has 0 heterocycles. The number of nitrogens with one attached hydrogen (secondary N) is 1. The normalized spacial score (nSPS) is 10.3. The number of carbonyl (C=O) groups is 1. The highest BCUT2D eigenvalue weighted by atomic mass is 35.5. The lowest BCUT2D eigenvalue weighted by molar-refractivity contribution is -0.384. The molecule has 3 N–H and O–H groups in total. The summed E-state index contributed by atoms with van der Waals surface area (Å²) in [7, 11) is 0. The SMILES string of the molecule is CCCN(CCC)C(=O)c1cc(Cl)c(NN)c([N+](=O)[O-])c1. The molecule has 1 rings (SSSR count). The maximum absolute atomic E-state index is 12.4. The van der Waals surface area contributed by atoms with Crippen LogP contribution in [0.2, 0.25) is 5.02 Å². The molecule has 0 aliphatic rings. The predicted octanol–water partition coefficient (Wildman–Crippen LogP) is 2.80. The van der Waals surface area contributed by atoms with Crippen LogP contribution in [0.3, 0.4) is 0 Å². The summed E-state index contributed by atoms with van der Waals surface area (Å²) < 4.78 is 0. The Hall–Kier alpha value is -1.86. The second-order valence-corrected chi connectivity index (χ2v) is 4.95. The summed E-state index contributed by atoms with van der Waals surface area (Å²) in [6.07, 6.45) is 1.62. The van der Waals surface area contributed by atoms with E-state index < -0.39 is 4.92 Å². The second-order valence-electron chi connectivity index (χ2n) is 4.55. The summed E-state index contributed by atoms with van der Waals surface area (Å²) in [5.41, 5.74) is 2.06. The summed E-state index contributed by atoms with van der Waals surface area (Å²) in [5.74, 6) is 4.97. The van der Waals surface area contributed by atoms with Crippen LogP contribution in [0.4, 0.5) is 11.4 Å². The minimum absolute atomic E-state index is 0.00394. The monoisotopic (exact) mass is 314 g/mol. The fraction of sp³-hybridized carbons (Fsp3) is 0.462. The van der Waals surface area contributed by atoms with Gasteiger partial charge >= 0.3 is 0 Å². The van der Waals surface area contributed by atoms with Gasteiger partial charge in [0.05, 0.1) is 9.95 Å². The third kappa shape index (κ3) is 4.05. The molecular formula is C13H19ClN4O3. The number of benzene rings is 1. The van der Waals surface area contributed by atoms with E-state index in [0.29, 0.717) is 13.1 Å². The van der Waals surface area contributed by atoms with Crippen LogP contribution in [-0.4, -0.2) is 28.8 Å². The maximum atomic E-state index is 12.4. The van der Waals surface area contributed by atoms with Crippen molar-refractivity contribution in [3.8, 4) is 0 Å². The summed E-state index contributed by atoms with van der Waals surface area (Å²) in [6, 6.07) is 2.59. The van der Waals surface area contributed by atoms with E-state index in [2.05, 4.69) is 5.43 Å². The molecular weight excluding hydrogens is 296 g/mol. The molecule has 8 heteroatoms. The van der Waals surface area contributed by atoms with Crippen LogP contribution in [-0.2, 0) is 0 Å². The molecule has 0 radical (unpaired) electrons. The van der Waals surface area contributed by atoms with Gasteiger partial charge in [-0.1, -0.05) is 25.4 Å². The number of nitrogens with zero attached hydrogens (tertiary/aromatic N) is 2. The molecule has 1 amide bonds. The molecule has 0 aliphatic carbocycles. The number of anilines is 1. The zero-order valence-electron chi connectivity index (χ0n) is 12.1. The van der Waals surface area contributed by atoms with Gasteiger partial charge in [-0.15, -0.1) is 0 Å². The molecule has 21 heavy (non-hydrogen) atoms. The Morgan fingerprint density at radius 2 is 1.95 bits per heavy atom. The number of nitrogen functional groups attached to an aromatic ring is 1. The van der Waals surface area contributed by atoms with Crippen LogP contribution < -0.4 is 11.3 Å². The molecule has 0 aromatic heterocycles. The predicted molar refractivity (Wildman–Crippen MR) is 82.4 cm³/mol. The summed E-state index contributed by atoms with van der Waals surface area (Å²) in [4.78, 5) is 24.5. The standard InChI is InChI=1S/C13H19ClN4O3/c1-3-5-17(6-4-2)13(19)9-7-10(14)12(16-15)11(8-9)18(20)21/h7-8,16H,3-6,15H2,1-2H3. The Kier molecular flexibility index (Phi) is 6.39. The number of hydrogen-bond acceptors (Lipinski definition) is 5. The number of rotatable bonds is 7. The summed E-state index contributed by atoms with van der Waals surface area (Å²) in [6.45, 7) is 5.11.